The van der Waals surface area contributed by atoms with Crippen LogP contribution < -0.4 is 19.6 Å². The predicted molar refractivity (Wildman–Crippen MR) is 137 cm³/mol. The zero-order chi connectivity index (χ0) is 23.9. The van der Waals surface area contributed by atoms with Crippen LogP contribution in [0.15, 0.2) is 88.2 Å². The second-order valence-corrected chi connectivity index (χ2v) is 9.68. The Hall–Kier alpha value is -3.77. The zero-order valence-corrected chi connectivity index (χ0v) is 20.0. The average Bonchev–Trinajstić information content (AvgIpc) is 3.19. The summed E-state index contributed by atoms with van der Waals surface area (Å²) in [6.07, 6.45) is 3.57. The lowest BCUT2D eigenvalue weighted by Crippen LogP contribution is -2.38. The van der Waals surface area contributed by atoms with Gasteiger partial charge in [-0.15, -0.1) is 0 Å². The molecule has 0 spiro atoms. The summed E-state index contributed by atoms with van der Waals surface area (Å²) in [6, 6.07) is 22.3. The van der Waals surface area contributed by atoms with E-state index in [-0.39, 0.29) is 17.4 Å². The van der Waals surface area contributed by atoms with E-state index in [4.69, 9.17) is 9.73 Å². The molecule has 1 atom stereocenters. The molecule has 0 radical (unpaired) electrons. The summed E-state index contributed by atoms with van der Waals surface area (Å²) < 4.78 is 21.4. The number of benzene rings is 3. The fourth-order valence-corrected chi connectivity index (χ4v) is 5.95. The number of aromatic nitrogens is 1. The number of allylic oxidation sites excluding steroid dienone is 1. The quantitative estimate of drug-likeness (QED) is 0.417. The number of fused-ring (bicyclic) bond motifs is 3. The summed E-state index contributed by atoms with van der Waals surface area (Å²) in [5, 5.41) is 0. The van der Waals surface area contributed by atoms with Crippen molar-refractivity contribution in [1.82, 2.24) is 4.57 Å². The molecule has 4 nitrogen and oxygen atoms in total. The molecule has 0 amide bonds. The van der Waals surface area contributed by atoms with Gasteiger partial charge in [-0.1, -0.05) is 59.9 Å². The summed E-state index contributed by atoms with van der Waals surface area (Å²) in [7, 11) is 0. The molecule has 6 rings (SSSR count). The van der Waals surface area contributed by atoms with E-state index in [0.717, 1.165) is 46.6 Å². The number of hydrogen-bond acceptors (Lipinski definition) is 4. The maximum absolute atomic E-state index is 13.7. The lowest BCUT2D eigenvalue weighted by Gasteiger charge is -2.30. The van der Waals surface area contributed by atoms with Crippen LogP contribution in [-0.4, -0.2) is 11.2 Å². The molecule has 2 heterocycles. The summed E-state index contributed by atoms with van der Waals surface area (Å²) in [5.74, 6) is 0.508. The molecule has 0 saturated carbocycles. The van der Waals surface area contributed by atoms with Gasteiger partial charge < -0.3 is 4.74 Å². The predicted octanol–water partition coefficient (Wildman–Crippen LogP) is 4.86. The lowest BCUT2D eigenvalue weighted by atomic mass is 9.83. The number of aryl methyl sites for hydroxylation is 1. The first-order valence-corrected chi connectivity index (χ1v) is 12.6. The van der Waals surface area contributed by atoms with Crippen LogP contribution in [0.4, 0.5) is 4.39 Å². The maximum atomic E-state index is 13.7. The van der Waals surface area contributed by atoms with E-state index in [0.29, 0.717) is 15.9 Å². The number of nitrogens with zero attached hydrogens (tertiary/aromatic N) is 2. The summed E-state index contributed by atoms with van der Waals surface area (Å²) in [5.41, 5.74) is 6.29. The highest BCUT2D eigenvalue weighted by atomic mass is 32.1. The van der Waals surface area contributed by atoms with Crippen molar-refractivity contribution in [2.24, 2.45) is 4.99 Å². The number of halogens is 1. The van der Waals surface area contributed by atoms with Gasteiger partial charge in [-0.25, -0.2) is 9.38 Å². The van der Waals surface area contributed by atoms with Crippen molar-refractivity contribution in [1.29, 1.82) is 0 Å². The largest absolute Gasteiger partial charge is 0.494 e. The minimum atomic E-state index is -0.301. The van der Waals surface area contributed by atoms with Crippen molar-refractivity contribution in [3.8, 4) is 5.75 Å². The molecular formula is C29H23FN2O2S. The monoisotopic (exact) mass is 482 g/mol. The normalized spacial score (nSPS) is 16.9. The number of ether oxygens (including phenoxy) is 1. The van der Waals surface area contributed by atoms with Gasteiger partial charge in [0, 0.05) is 5.56 Å². The first kappa shape index (κ1) is 21.7. The minimum Gasteiger partial charge on any atom is -0.494 e. The Morgan fingerprint density at radius 1 is 1.06 bits per heavy atom. The fourth-order valence-electron chi connectivity index (χ4n) is 4.95. The smallest absolute Gasteiger partial charge is 0.271 e. The topological polar surface area (TPSA) is 43.6 Å². The number of thiazole rings is 1. The summed E-state index contributed by atoms with van der Waals surface area (Å²) in [6.45, 7) is 2.56. The summed E-state index contributed by atoms with van der Waals surface area (Å²) in [4.78, 5) is 19.4. The Labute approximate surface area is 206 Å². The van der Waals surface area contributed by atoms with Crippen LogP contribution in [0.1, 0.15) is 41.6 Å². The zero-order valence-electron chi connectivity index (χ0n) is 19.2. The van der Waals surface area contributed by atoms with Gasteiger partial charge in [0.1, 0.15) is 11.6 Å². The van der Waals surface area contributed by atoms with Gasteiger partial charge in [0.2, 0.25) is 0 Å². The van der Waals surface area contributed by atoms with Crippen molar-refractivity contribution in [3.63, 3.8) is 0 Å². The standard InChI is InChI=1S/C29H23FN2O2S/c1-2-34-22-14-9-20(10-15-22)27-24-16-11-19-5-3-4-6-23(19)26(24)31-29-32(27)28(33)25(35-29)17-18-7-12-21(30)13-8-18/h3-10,12-15,17,27H,2,11,16H2,1H3. The van der Waals surface area contributed by atoms with Gasteiger partial charge in [0.05, 0.1) is 22.9 Å². The SMILES string of the molecule is CCOc1ccc(C2C3=C(N=c4sc(=Cc5ccc(F)cc5)c(=O)n42)c2ccccc2CC3)cc1. The van der Waals surface area contributed by atoms with Gasteiger partial charge in [0.25, 0.3) is 5.56 Å². The molecule has 1 unspecified atom stereocenters. The van der Waals surface area contributed by atoms with Crippen LogP contribution in [-0.2, 0) is 6.42 Å². The van der Waals surface area contributed by atoms with E-state index in [9.17, 15) is 9.18 Å². The van der Waals surface area contributed by atoms with Crippen molar-refractivity contribution in [2.75, 3.05) is 6.61 Å². The maximum Gasteiger partial charge on any atom is 0.271 e. The molecule has 2 aliphatic rings. The highest BCUT2D eigenvalue weighted by molar-refractivity contribution is 7.07. The molecule has 35 heavy (non-hydrogen) atoms. The van der Waals surface area contributed by atoms with Crippen LogP contribution >= 0.6 is 11.3 Å². The first-order valence-electron chi connectivity index (χ1n) is 11.7. The highest BCUT2D eigenvalue weighted by Crippen LogP contribution is 2.41. The third-order valence-electron chi connectivity index (χ3n) is 6.55. The molecule has 1 aromatic heterocycles. The van der Waals surface area contributed by atoms with Gasteiger partial charge in [-0.05, 0) is 72.4 Å². The first-order chi connectivity index (χ1) is 17.1. The van der Waals surface area contributed by atoms with Gasteiger partial charge in [0.15, 0.2) is 4.80 Å². The molecule has 0 fully saturated rings. The molecule has 1 aliphatic carbocycles. The van der Waals surface area contributed by atoms with E-state index in [1.807, 2.05) is 47.9 Å². The number of rotatable bonds is 4. The second-order valence-electron chi connectivity index (χ2n) is 8.67. The van der Waals surface area contributed by atoms with Gasteiger partial charge in [-0.2, -0.15) is 0 Å². The highest BCUT2D eigenvalue weighted by Gasteiger charge is 2.32. The van der Waals surface area contributed by atoms with Gasteiger partial charge in [-0.3, -0.25) is 9.36 Å². The fraction of sp³-hybridized carbons (Fsp3) is 0.172. The molecule has 6 heteroatoms. The number of hydrogen-bond donors (Lipinski definition) is 0. The van der Waals surface area contributed by atoms with Crippen LogP contribution in [0.5, 0.6) is 5.75 Å². The molecule has 0 bridgehead atoms. The van der Waals surface area contributed by atoms with Crippen molar-refractivity contribution < 1.29 is 9.13 Å². The van der Waals surface area contributed by atoms with E-state index in [2.05, 4.69) is 18.2 Å². The van der Waals surface area contributed by atoms with Crippen LogP contribution in [0.3, 0.4) is 0 Å². The van der Waals surface area contributed by atoms with Crippen molar-refractivity contribution >= 4 is 23.1 Å². The minimum absolute atomic E-state index is 0.0811. The van der Waals surface area contributed by atoms with Crippen LogP contribution in [0.2, 0.25) is 0 Å². The van der Waals surface area contributed by atoms with E-state index in [1.54, 1.807) is 12.1 Å². The lowest BCUT2D eigenvalue weighted by molar-refractivity contribution is 0.340. The molecular weight excluding hydrogens is 459 g/mol. The van der Waals surface area contributed by atoms with Crippen LogP contribution in [0.25, 0.3) is 11.8 Å². The van der Waals surface area contributed by atoms with E-state index in [1.165, 1.54) is 29.0 Å². The third-order valence-corrected chi connectivity index (χ3v) is 7.53. The summed E-state index contributed by atoms with van der Waals surface area (Å²) >= 11 is 1.38. The second kappa shape index (κ2) is 8.78. The van der Waals surface area contributed by atoms with Gasteiger partial charge >= 0.3 is 0 Å². The van der Waals surface area contributed by atoms with Crippen molar-refractivity contribution in [3.05, 3.63) is 126 Å². The average molecular weight is 483 g/mol. The Morgan fingerprint density at radius 2 is 1.83 bits per heavy atom. The molecule has 3 aromatic carbocycles. The van der Waals surface area contributed by atoms with E-state index < -0.39 is 0 Å². The van der Waals surface area contributed by atoms with Crippen molar-refractivity contribution in [2.45, 2.75) is 25.8 Å². The third kappa shape index (κ3) is 3.84. The Kier molecular flexibility index (Phi) is 5.46. The van der Waals surface area contributed by atoms with E-state index >= 15 is 0 Å². The molecule has 1 aliphatic heterocycles. The molecule has 0 saturated heterocycles. The molecule has 174 valence electrons. The Balaban J connectivity index is 1.58. The van der Waals surface area contributed by atoms with Crippen LogP contribution in [0, 0.1) is 5.82 Å². The molecule has 4 aromatic rings. The molecule has 0 N–H and O–H groups in total. The Morgan fingerprint density at radius 3 is 2.60 bits per heavy atom. The Bertz CT molecular complexity index is 1630.